The maximum Gasteiger partial charge on any atom is 0.338 e. The van der Waals surface area contributed by atoms with Crippen LogP contribution >= 0.6 is 11.6 Å². The van der Waals surface area contributed by atoms with Gasteiger partial charge in [0.15, 0.2) is 6.10 Å². The van der Waals surface area contributed by atoms with Crippen LogP contribution in [0.2, 0.25) is 5.02 Å². The van der Waals surface area contributed by atoms with Gasteiger partial charge >= 0.3 is 5.97 Å². The van der Waals surface area contributed by atoms with Crippen LogP contribution in [0, 0.1) is 6.92 Å². The minimum Gasteiger partial charge on any atom is -0.497 e. The molecule has 0 fully saturated rings. The molecule has 1 atom stereocenters. The highest BCUT2D eigenvalue weighted by Crippen LogP contribution is 2.23. The summed E-state index contributed by atoms with van der Waals surface area (Å²) in [7, 11) is 1.54. The number of methoxy groups -OCH3 is 1. The Morgan fingerprint density at radius 1 is 1.12 bits per heavy atom. The number of ether oxygens (including phenoxy) is 2. The predicted molar refractivity (Wildman–Crippen MR) is 92.7 cm³/mol. The molecule has 2 aromatic carbocycles. The second-order valence-electron chi connectivity index (χ2n) is 5.18. The quantitative estimate of drug-likeness (QED) is 0.834. The summed E-state index contributed by atoms with van der Waals surface area (Å²) in [6.07, 6.45) is -0.946. The zero-order chi connectivity index (χ0) is 17.7. The summed E-state index contributed by atoms with van der Waals surface area (Å²) in [5, 5.41) is 3.26. The molecular formula is C18H18ClNO4. The summed E-state index contributed by atoms with van der Waals surface area (Å²) in [5.41, 5.74) is 1.68. The molecule has 0 saturated heterocycles. The van der Waals surface area contributed by atoms with Gasteiger partial charge in [-0.2, -0.15) is 0 Å². The van der Waals surface area contributed by atoms with Gasteiger partial charge in [0.05, 0.1) is 12.7 Å². The number of amides is 1. The largest absolute Gasteiger partial charge is 0.497 e. The molecule has 2 aromatic rings. The molecule has 1 amide bonds. The molecule has 0 unspecified atom stereocenters. The third kappa shape index (κ3) is 4.26. The molecule has 0 heterocycles. The Kier molecular flexibility index (Phi) is 5.82. The first kappa shape index (κ1) is 17.8. The van der Waals surface area contributed by atoms with Crippen molar-refractivity contribution in [3.05, 3.63) is 58.6 Å². The molecule has 24 heavy (non-hydrogen) atoms. The Balaban J connectivity index is 2.00. The van der Waals surface area contributed by atoms with Gasteiger partial charge in [-0.1, -0.05) is 17.7 Å². The maximum atomic E-state index is 12.2. The monoisotopic (exact) mass is 347 g/mol. The van der Waals surface area contributed by atoms with E-state index in [1.54, 1.807) is 49.4 Å². The molecule has 126 valence electrons. The van der Waals surface area contributed by atoms with E-state index in [2.05, 4.69) is 5.32 Å². The second kappa shape index (κ2) is 7.84. The summed E-state index contributed by atoms with van der Waals surface area (Å²) in [6, 6.07) is 11.7. The van der Waals surface area contributed by atoms with Crippen molar-refractivity contribution < 1.29 is 19.1 Å². The molecule has 0 aliphatic rings. The van der Waals surface area contributed by atoms with E-state index in [1.807, 2.05) is 0 Å². The van der Waals surface area contributed by atoms with Crippen molar-refractivity contribution in [2.24, 2.45) is 0 Å². The van der Waals surface area contributed by atoms with Crippen LogP contribution in [0.25, 0.3) is 0 Å². The Morgan fingerprint density at radius 3 is 2.42 bits per heavy atom. The lowest BCUT2D eigenvalue weighted by Crippen LogP contribution is -2.30. The molecule has 0 saturated carbocycles. The van der Waals surface area contributed by atoms with Gasteiger partial charge < -0.3 is 14.8 Å². The Bertz CT molecular complexity index is 743. The molecule has 0 radical (unpaired) electrons. The molecule has 6 heteroatoms. The average molecular weight is 348 g/mol. The lowest BCUT2D eigenvalue weighted by atomic mass is 10.2. The third-order valence-corrected chi connectivity index (χ3v) is 3.91. The van der Waals surface area contributed by atoms with Crippen LogP contribution in [0.15, 0.2) is 42.5 Å². The van der Waals surface area contributed by atoms with Gasteiger partial charge in [0.1, 0.15) is 5.75 Å². The van der Waals surface area contributed by atoms with E-state index in [9.17, 15) is 9.59 Å². The SMILES string of the molecule is COc1ccc(C(=O)O[C@@H](C)C(=O)Nc2cccc(Cl)c2C)cc1. The number of hydrogen-bond acceptors (Lipinski definition) is 4. The standard InChI is InChI=1S/C18H18ClNO4/c1-11-15(19)5-4-6-16(11)20-17(21)12(2)24-18(22)13-7-9-14(23-3)10-8-13/h4-10,12H,1-3H3,(H,20,21)/t12-/m0/s1. The fourth-order valence-corrected chi connectivity index (χ4v) is 2.16. The number of anilines is 1. The molecule has 0 aliphatic carbocycles. The lowest BCUT2D eigenvalue weighted by molar-refractivity contribution is -0.123. The minimum atomic E-state index is -0.946. The highest BCUT2D eigenvalue weighted by atomic mass is 35.5. The number of carbonyl (C=O) groups excluding carboxylic acids is 2. The normalized spacial score (nSPS) is 11.5. The lowest BCUT2D eigenvalue weighted by Gasteiger charge is -2.15. The van der Waals surface area contributed by atoms with Crippen molar-refractivity contribution in [2.45, 2.75) is 20.0 Å². The van der Waals surface area contributed by atoms with Crippen LogP contribution in [0.4, 0.5) is 5.69 Å². The van der Waals surface area contributed by atoms with Crippen molar-refractivity contribution in [1.82, 2.24) is 0 Å². The molecule has 2 rings (SSSR count). The predicted octanol–water partition coefficient (Wildman–Crippen LogP) is 3.84. The minimum absolute atomic E-state index is 0.342. The topological polar surface area (TPSA) is 64.6 Å². The number of benzene rings is 2. The van der Waals surface area contributed by atoms with Crippen LogP contribution in [-0.4, -0.2) is 25.1 Å². The van der Waals surface area contributed by atoms with Gasteiger partial charge in [0.2, 0.25) is 0 Å². The molecule has 0 bridgehead atoms. The molecular weight excluding hydrogens is 330 g/mol. The highest BCUT2D eigenvalue weighted by molar-refractivity contribution is 6.31. The fraction of sp³-hybridized carbons (Fsp3) is 0.222. The Hall–Kier alpha value is -2.53. The van der Waals surface area contributed by atoms with Crippen molar-refractivity contribution in [3.63, 3.8) is 0 Å². The van der Waals surface area contributed by atoms with Gasteiger partial charge in [0.25, 0.3) is 5.91 Å². The first-order valence-corrected chi connectivity index (χ1v) is 7.71. The number of esters is 1. The van der Waals surface area contributed by atoms with E-state index in [0.717, 1.165) is 5.56 Å². The highest BCUT2D eigenvalue weighted by Gasteiger charge is 2.20. The number of hydrogen-bond donors (Lipinski definition) is 1. The van der Waals surface area contributed by atoms with Crippen molar-refractivity contribution in [1.29, 1.82) is 0 Å². The number of rotatable bonds is 5. The van der Waals surface area contributed by atoms with E-state index in [0.29, 0.717) is 22.0 Å². The second-order valence-corrected chi connectivity index (χ2v) is 5.58. The van der Waals surface area contributed by atoms with Gasteiger partial charge in [-0.3, -0.25) is 4.79 Å². The molecule has 5 nitrogen and oxygen atoms in total. The smallest absolute Gasteiger partial charge is 0.338 e. The van der Waals surface area contributed by atoms with Crippen LogP contribution in [0.3, 0.4) is 0 Å². The van der Waals surface area contributed by atoms with Gasteiger partial charge in [-0.15, -0.1) is 0 Å². The van der Waals surface area contributed by atoms with Gasteiger partial charge in [-0.25, -0.2) is 4.79 Å². The summed E-state index contributed by atoms with van der Waals surface area (Å²) < 4.78 is 10.2. The van der Waals surface area contributed by atoms with Crippen molar-refractivity contribution in [3.8, 4) is 5.75 Å². The third-order valence-electron chi connectivity index (χ3n) is 3.50. The Morgan fingerprint density at radius 2 is 1.79 bits per heavy atom. The molecule has 0 aliphatic heterocycles. The first-order valence-electron chi connectivity index (χ1n) is 7.33. The summed E-state index contributed by atoms with van der Waals surface area (Å²) >= 11 is 6.02. The zero-order valence-electron chi connectivity index (χ0n) is 13.6. The number of carbonyl (C=O) groups is 2. The molecule has 0 aromatic heterocycles. The van der Waals surface area contributed by atoms with E-state index < -0.39 is 18.0 Å². The first-order chi connectivity index (χ1) is 11.4. The molecule has 0 spiro atoms. The average Bonchev–Trinajstić information content (AvgIpc) is 2.58. The van der Waals surface area contributed by atoms with Crippen molar-refractivity contribution in [2.75, 3.05) is 12.4 Å². The van der Waals surface area contributed by atoms with Gasteiger partial charge in [0, 0.05) is 10.7 Å². The Labute approximate surface area is 145 Å². The van der Waals surface area contributed by atoms with Crippen LogP contribution in [0.1, 0.15) is 22.8 Å². The number of halogens is 1. The van der Waals surface area contributed by atoms with Gasteiger partial charge in [-0.05, 0) is 55.8 Å². The summed E-state index contributed by atoms with van der Waals surface area (Å²) in [5.74, 6) is -0.376. The summed E-state index contributed by atoms with van der Waals surface area (Å²) in [6.45, 7) is 3.31. The zero-order valence-corrected chi connectivity index (χ0v) is 14.4. The summed E-state index contributed by atoms with van der Waals surface area (Å²) in [4.78, 5) is 24.3. The van der Waals surface area contributed by atoms with E-state index in [4.69, 9.17) is 21.1 Å². The van der Waals surface area contributed by atoms with Crippen molar-refractivity contribution >= 4 is 29.2 Å². The molecule has 1 N–H and O–H groups in total. The van der Waals surface area contributed by atoms with E-state index in [1.165, 1.54) is 14.0 Å². The van der Waals surface area contributed by atoms with Crippen LogP contribution < -0.4 is 10.1 Å². The van der Waals surface area contributed by atoms with E-state index >= 15 is 0 Å². The van der Waals surface area contributed by atoms with E-state index in [-0.39, 0.29) is 0 Å². The fourth-order valence-electron chi connectivity index (χ4n) is 1.99. The van der Waals surface area contributed by atoms with Crippen LogP contribution in [0.5, 0.6) is 5.75 Å². The maximum absolute atomic E-state index is 12.2. The number of nitrogens with one attached hydrogen (secondary N) is 1. The van der Waals surface area contributed by atoms with Crippen LogP contribution in [-0.2, 0) is 9.53 Å².